The van der Waals surface area contributed by atoms with E-state index in [4.69, 9.17) is 10.1 Å². The Kier molecular flexibility index (Phi) is 8.57. The minimum atomic E-state index is -0.510. The first-order chi connectivity index (χ1) is 8.87. The number of carbonyl (C=O) groups excluding carboxylic acids is 1. The van der Waals surface area contributed by atoms with Crippen molar-refractivity contribution >= 4 is 39.9 Å². The zero-order valence-corrected chi connectivity index (χ0v) is 14.5. The van der Waals surface area contributed by atoms with Crippen LogP contribution in [-0.2, 0) is 10.5 Å². The van der Waals surface area contributed by atoms with Gasteiger partial charge in [-0.15, -0.1) is 28.7 Å². The van der Waals surface area contributed by atoms with E-state index in [1.165, 1.54) is 11.8 Å². The minimum absolute atomic E-state index is 0. The fourth-order valence-corrected chi connectivity index (χ4v) is 1.97. The zero-order valence-electron chi connectivity index (χ0n) is 11.9. The summed E-state index contributed by atoms with van der Waals surface area (Å²) in [7, 11) is 0. The molecule has 1 amide bonds. The summed E-state index contributed by atoms with van der Waals surface area (Å²) in [6, 6.07) is 9.93. The topological polar surface area (TPSA) is 62.2 Å². The lowest BCUT2D eigenvalue weighted by Gasteiger charge is -2.19. The third-order valence-corrected chi connectivity index (χ3v) is 3.02. The summed E-state index contributed by atoms with van der Waals surface area (Å²) in [5.74, 6) is 0.732. The number of alkyl carbamates (subject to hydrolysis) is 1. The second-order valence-electron chi connectivity index (χ2n) is 5.05. The molecule has 1 aromatic rings. The quantitative estimate of drug-likeness (QED) is 0.629. The minimum Gasteiger partial charge on any atom is -0.444 e. The second-order valence-corrected chi connectivity index (χ2v) is 6.12. The van der Waals surface area contributed by atoms with Crippen LogP contribution in [0.1, 0.15) is 26.3 Å². The molecule has 2 N–H and O–H groups in total. The largest absolute Gasteiger partial charge is 0.444 e. The Bertz CT molecular complexity index is 433. The molecule has 0 aliphatic carbocycles. The molecule has 6 heteroatoms. The Hall–Kier alpha value is -1.01. The van der Waals surface area contributed by atoms with Gasteiger partial charge in [-0.25, -0.2) is 4.79 Å². The molecule has 0 aliphatic heterocycles. The maximum absolute atomic E-state index is 11.4. The molecule has 0 heterocycles. The number of benzene rings is 1. The molecule has 0 unspecified atom stereocenters. The van der Waals surface area contributed by atoms with E-state index in [9.17, 15) is 4.79 Å². The maximum atomic E-state index is 11.4. The molecular formula is C14H21BrN2O2S. The maximum Gasteiger partial charge on any atom is 0.407 e. The van der Waals surface area contributed by atoms with Crippen LogP contribution in [-0.4, -0.2) is 23.3 Å². The van der Waals surface area contributed by atoms with Crippen molar-refractivity contribution in [3.8, 4) is 0 Å². The van der Waals surface area contributed by atoms with E-state index in [0.29, 0.717) is 5.04 Å². The van der Waals surface area contributed by atoms with Crippen molar-refractivity contribution in [2.75, 3.05) is 6.54 Å². The third-order valence-electron chi connectivity index (χ3n) is 2.05. The SMILES string of the molecule is Br.CC(C)(C)OC(=O)NCC(=N)SCc1ccccc1. The van der Waals surface area contributed by atoms with E-state index in [1.807, 2.05) is 51.1 Å². The first-order valence-corrected chi connectivity index (χ1v) is 7.06. The predicted octanol–water partition coefficient (Wildman–Crippen LogP) is 4.00. The molecule has 4 nitrogen and oxygen atoms in total. The van der Waals surface area contributed by atoms with Gasteiger partial charge in [0.2, 0.25) is 0 Å². The Balaban J connectivity index is 0.00000361. The van der Waals surface area contributed by atoms with Crippen LogP contribution in [0.3, 0.4) is 0 Å². The Morgan fingerprint density at radius 1 is 1.30 bits per heavy atom. The average molecular weight is 361 g/mol. The highest BCUT2D eigenvalue weighted by atomic mass is 79.9. The molecule has 0 spiro atoms. The molecule has 20 heavy (non-hydrogen) atoms. The number of carbonyl (C=O) groups is 1. The van der Waals surface area contributed by atoms with Gasteiger partial charge in [0, 0.05) is 5.75 Å². The lowest BCUT2D eigenvalue weighted by molar-refractivity contribution is 0.0536. The summed E-state index contributed by atoms with van der Waals surface area (Å²) in [6.07, 6.45) is -0.488. The standard InChI is InChI=1S/C14H20N2O2S.BrH/c1-14(2,3)18-13(17)16-9-12(15)19-10-11-7-5-4-6-8-11;/h4-8,15H,9-10H2,1-3H3,(H,16,17);1H. The average Bonchev–Trinajstić information content (AvgIpc) is 2.33. The van der Waals surface area contributed by atoms with Crippen LogP contribution in [0.2, 0.25) is 0 Å². The summed E-state index contributed by atoms with van der Waals surface area (Å²) < 4.78 is 5.09. The Morgan fingerprint density at radius 2 is 1.90 bits per heavy atom. The van der Waals surface area contributed by atoms with E-state index in [0.717, 1.165) is 11.3 Å². The van der Waals surface area contributed by atoms with E-state index in [1.54, 1.807) is 0 Å². The molecule has 0 atom stereocenters. The van der Waals surface area contributed by atoms with Crippen molar-refractivity contribution in [2.24, 2.45) is 0 Å². The normalized spacial score (nSPS) is 10.3. The number of thioether (sulfide) groups is 1. The number of ether oxygens (including phenoxy) is 1. The lowest BCUT2D eigenvalue weighted by atomic mass is 10.2. The van der Waals surface area contributed by atoms with Crippen LogP contribution >= 0.6 is 28.7 Å². The molecule has 0 bridgehead atoms. The lowest BCUT2D eigenvalue weighted by Crippen LogP contribution is -2.34. The summed E-state index contributed by atoms with van der Waals surface area (Å²) in [5.41, 5.74) is 0.651. The number of nitrogens with one attached hydrogen (secondary N) is 2. The fourth-order valence-electron chi connectivity index (χ4n) is 1.26. The van der Waals surface area contributed by atoms with Gasteiger partial charge in [0.05, 0.1) is 11.6 Å². The van der Waals surface area contributed by atoms with Crippen molar-refractivity contribution < 1.29 is 9.53 Å². The van der Waals surface area contributed by atoms with Gasteiger partial charge < -0.3 is 10.1 Å². The summed E-state index contributed by atoms with van der Waals surface area (Å²) in [6.45, 7) is 5.62. The highest BCUT2D eigenvalue weighted by molar-refractivity contribution is 8.93. The first-order valence-electron chi connectivity index (χ1n) is 6.08. The number of rotatable bonds is 4. The van der Waals surface area contributed by atoms with E-state index in [-0.39, 0.29) is 23.5 Å². The second kappa shape index (κ2) is 9.02. The van der Waals surface area contributed by atoms with E-state index >= 15 is 0 Å². The fraction of sp³-hybridized carbons (Fsp3) is 0.429. The van der Waals surface area contributed by atoms with Gasteiger partial charge in [0.1, 0.15) is 5.60 Å². The number of hydrogen-bond donors (Lipinski definition) is 2. The number of amides is 1. The first kappa shape index (κ1) is 19.0. The van der Waals surface area contributed by atoms with Gasteiger partial charge in [-0.05, 0) is 26.3 Å². The molecule has 0 saturated carbocycles. The van der Waals surface area contributed by atoms with Gasteiger partial charge in [-0.1, -0.05) is 30.3 Å². The summed E-state index contributed by atoms with van der Waals surface area (Å²) in [4.78, 5) is 11.4. The van der Waals surface area contributed by atoms with Gasteiger partial charge in [-0.3, -0.25) is 5.41 Å². The van der Waals surface area contributed by atoms with Crippen molar-refractivity contribution in [1.82, 2.24) is 5.32 Å². The van der Waals surface area contributed by atoms with E-state index in [2.05, 4.69) is 5.32 Å². The van der Waals surface area contributed by atoms with Crippen LogP contribution in [0.5, 0.6) is 0 Å². The van der Waals surface area contributed by atoms with Crippen molar-refractivity contribution in [2.45, 2.75) is 32.1 Å². The predicted molar refractivity (Wildman–Crippen MR) is 90.0 cm³/mol. The zero-order chi connectivity index (χ0) is 14.3. The number of hydrogen-bond acceptors (Lipinski definition) is 4. The van der Waals surface area contributed by atoms with Crippen LogP contribution in [0.25, 0.3) is 0 Å². The van der Waals surface area contributed by atoms with Crippen molar-refractivity contribution in [3.05, 3.63) is 35.9 Å². The molecule has 0 aliphatic rings. The highest BCUT2D eigenvalue weighted by Crippen LogP contribution is 2.12. The van der Waals surface area contributed by atoms with Crippen LogP contribution < -0.4 is 5.32 Å². The molecule has 112 valence electrons. The Labute approximate surface area is 134 Å². The van der Waals surface area contributed by atoms with Crippen LogP contribution in [0, 0.1) is 5.41 Å². The van der Waals surface area contributed by atoms with Gasteiger partial charge in [-0.2, -0.15) is 0 Å². The summed E-state index contributed by atoms with van der Waals surface area (Å²) in [5, 5.41) is 10.7. The smallest absolute Gasteiger partial charge is 0.407 e. The van der Waals surface area contributed by atoms with E-state index < -0.39 is 11.7 Å². The molecular weight excluding hydrogens is 340 g/mol. The van der Waals surface area contributed by atoms with Gasteiger partial charge >= 0.3 is 6.09 Å². The van der Waals surface area contributed by atoms with Crippen LogP contribution in [0.4, 0.5) is 4.79 Å². The molecule has 0 fully saturated rings. The molecule has 0 saturated heterocycles. The third kappa shape index (κ3) is 8.98. The van der Waals surface area contributed by atoms with Gasteiger partial charge in [0.25, 0.3) is 0 Å². The molecule has 0 radical (unpaired) electrons. The Morgan fingerprint density at radius 3 is 2.45 bits per heavy atom. The van der Waals surface area contributed by atoms with Crippen molar-refractivity contribution in [3.63, 3.8) is 0 Å². The summed E-state index contributed by atoms with van der Waals surface area (Å²) >= 11 is 1.40. The molecule has 1 aromatic carbocycles. The van der Waals surface area contributed by atoms with Crippen molar-refractivity contribution in [1.29, 1.82) is 5.41 Å². The monoisotopic (exact) mass is 360 g/mol. The van der Waals surface area contributed by atoms with Gasteiger partial charge in [0.15, 0.2) is 0 Å². The molecule has 1 rings (SSSR count). The molecule has 0 aromatic heterocycles. The van der Waals surface area contributed by atoms with Crippen LogP contribution in [0.15, 0.2) is 30.3 Å². The number of halogens is 1. The highest BCUT2D eigenvalue weighted by Gasteiger charge is 2.15.